The zero-order chi connectivity index (χ0) is 19.0. The van der Waals surface area contributed by atoms with E-state index < -0.39 is 23.1 Å². The molecule has 8 heteroatoms. The molecule has 2 aliphatic rings. The zero-order valence-electron chi connectivity index (χ0n) is 15.0. The molecule has 2 fully saturated rings. The summed E-state index contributed by atoms with van der Waals surface area (Å²) in [5.74, 6) is -0.783. The second kappa shape index (κ2) is 6.99. The Balaban J connectivity index is 1.40. The number of hydrogen-bond acceptors (Lipinski definition) is 5. The molecule has 0 atom stereocenters. The third-order valence-corrected chi connectivity index (χ3v) is 5.68. The van der Waals surface area contributed by atoms with Gasteiger partial charge in [-0.3, -0.25) is 4.79 Å². The number of benzene rings is 1. The van der Waals surface area contributed by atoms with Crippen molar-refractivity contribution in [1.82, 2.24) is 15.0 Å². The standard InChI is InChI=1S/C19H22F2N4O2/c20-13-3-4-14(15(21)11-13)17(26)25-9-5-12(6-10-25)16-23-18(24-27-16)19(22)7-1-2-8-19/h3-4,11-12H,1-2,5-10,22H2. The second-order valence-electron chi connectivity index (χ2n) is 7.51. The lowest BCUT2D eigenvalue weighted by Crippen LogP contribution is -2.38. The lowest BCUT2D eigenvalue weighted by Gasteiger charge is -2.30. The van der Waals surface area contributed by atoms with E-state index in [0.717, 1.165) is 37.8 Å². The molecule has 2 aromatic rings. The smallest absolute Gasteiger partial charge is 0.256 e. The summed E-state index contributed by atoms with van der Waals surface area (Å²) in [7, 11) is 0. The van der Waals surface area contributed by atoms with Crippen LogP contribution in [0.15, 0.2) is 22.7 Å². The van der Waals surface area contributed by atoms with Crippen LogP contribution < -0.4 is 5.73 Å². The maximum absolute atomic E-state index is 13.9. The van der Waals surface area contributed by atoms with Gasteiger partial charge < -0.3 is 15.2 Å². The van der Waals surface area contributed by atoms with Crippen LogP contribution in [0.2, 0.25) is 0 Å². The summed E-state index contributed by atoms with van der Waals surface area (Å²) in [4.78, 5) is 18.6. The number of rotatable bonds is 3. The molecule has 2 heterocycles. The van der Waals surface area contributed by atoms with Crippen molar-refractivity contribution in [2.45, 2.75) is 50.0 Å². The average Bonchev–Trinajstić information content (AvgIpc) is 3.32. The maximum atomic E-state index is 13.9. The number of hydrogen-bond donors (Lipinski definition) is 1. The van der Waals surface area contributed by atoms with Crippen LogP contribution in [0.4, 0.5) is 8.78 Å². The summed E-state index contributed by atoms with van der Waals surface area (Å²) in [6.45, 7) is 0.900. The second-order valence-corrected chi connectivity index (χ2v) is 7.51. The molecule has 1 aromatic carbocycles. The van der Waals surface area contributed by atoms with Crippen molar-refractivity contribution in [3.8, 4) is 0 Å². The normalized spacial score (nSPS) is 20.2. The topological polar surface area (TPSA) is 85.2 Å². The maximum Gasteiger partial charge on any atom is 0.256 e. The van der Waals surface area contributed by atoms with E-state index in [1.54, 1.807) is 4.90 Å². The molecule has 144 valence electrons. The van der Waals surface area contributed by atoms with Gasteiger partial charge in [-0.2, -0.15) is 4.98 Å². The molecule has 1 aliphatic heterocycles. The fourth-order valence-electron chi connectivity index (χ4n) is 4.00. The number of halogens is 2. The van der Waals surface area contributed by atoms with Crippen LogP contribution in [0.5, 0.6) is 0 Å². The van der Waals surface area contributed by atoms with Gasteiger partial charge in [0.15, 0.2) is 5.82 Å². The zero-order valence-corrected chi connectivity index (χ0v) is 15.0. The Hall–Kier alpha value is -2.35. The Bertz CT molecular complexity index is 840. The number of amides is 1. The quantitative estimate of drug-likeness (QED) is 0.890. The minimum atomic E-state index is -0.839. The van der Waals surface area contributed by atoms with Gasteiger partial charge in [-0.15, -0.1) is 0 Å². The number of piperidine rings is 1. The average molecular weight is 376 g/mol. The SMILES string of the molecule is NC1(c2noc(C3CCN(C(=O)c4ccc(F)cc4F)CC3)n2)CCCC1. The van der Waals surface area contributed by atoms with E-state index in [9.17, 15) is 13.6 Å². The molecule has 27 heavy (non-hydrogen) atoms. The van der Waals surface area contributed by atoms with Gasteiger partial charge in [-0.25, -0.2) is 8.78 Å². The van der Waals surface area contributed by atoms with E-state index in [1.807, 2.05) is 0 Å². The van der Waals surface area contributed by atoms with Crippen LogP contribution in [0, 0.1) is 11.6 Å². The Kier molecular flexibility index (Phi) is 4.67. The highest BCUT2D eigenvalue weighted by Crippen LogP contribution is 2.36. The molecule has 1 saturated heterocycles. The van der Waals surface area contributed by atoms with Crippen molar-refractivity contribution in [1.29, 1.82) is 0 Å². The van der Waals surface area contributed by atoms with Gasteiger partial charge in [-0.1, -0.05) is 18.0 Å². The van der Waals surface area contributed by atoms with Crippen molar-refractivity contribution >= 4 is 5.91 Å². The summed E-state index contributed by atoms with van der Waals surface area (Å²) in [6.07, 6.45) is 5.16. The molecule has 1 aromatic heterocycles. The number of aromatic nitrogens is 2. The number of nitrogens with zero attached hydrogens (tertiary/aromatic N) is 3. The molecule has 2 N–H and O–H groups in total. The summed E-state index contributed by atoms with van der Waals surface area (Å²) < 4.78 is 32.3. The van der Waals surface area contributed by atoms with Crippen molar-refractivity contribution in [2.75, 3.05) is 13.1 Å². The highest BCUT2D eigenvalue weighted by atomic mass is 19.1. The lowest BCUT2D eigenvalue weighted by molar-refractivity contribution is 0.0699. The first-order chi connectivity index (χ1) is 13.0. The molecule has 1 saturated carbocycles. The number of carbonyl (C=O) groups is 1. The highest BCUT2D eigenvalue weighted by Gasteiger charge is 2.37. The molecule has 6 nitrogen and oxygen atoms in total. The molecule has 0 bridgehead atoms. The predicted octanol–water partition coefficient (Wildman–Crippen LogP) is 3.10. The van der Waals surface area contributed by atoms with E-state index in [-0.39, 0.29) is 11.5 Å². The van der Waals surface area contributed by atoms with Crippen molar-refractivity contribution < 1.29 is 18.1 Å². The summed E-state index contributed by atoms with van der Waals surface area (Å²) in [5, 5.41) is 4.09. The van der Waals surface area contributed by atoms with E-state index >= 15 is 0 Å². The largest absolute Gasteiger partial charge is 0.339 e. The van der Waals surface area contributed by atoms with Crippen LogP contribution in [0.25, 0.3) is 0 Å². The molecule has 1 amide bonds. The molecule has 0 radical (unpaired) electrons. The molecule has 0 spiro atoms. The molecule has 4 rings (SSSR count). The number of nitrogens with two attached hydrogens (primary N) is 1. The number of likely N-dealkylation sites (tertiary alicyclic amines) is 1. The minimum Gasteiger partial charge on any atom is -0.339 e. The van der Waals surface area contributed by atoms with E-state index in [2.05, 4.69) is 10.1 Å². The summed E-state index contributed by atoms with van der Waals surface area (Å²) in [6, 6.07) is 3.01. The van der Waals surface area contributed by atoms with E-state index in [0.29, 0.717) is 37.6 Å². The van der Waals surface area contributed by atoms with E-state index in [1.165, 1.54) is 6.07 Å². The first-order valence-corrected chi connectivity index (χ1v) is 9.33. The third kappa shape index (κ3) is 3.45. The molecule has 1 aliphatic carbocycles. The Labute approximate surface area is 155 Å². The summed E-state index contributed by atoms with van der Waals surface area (Å²) in [5.41, 5.74) is 5.78. The van der Waals surface area contributed by atoms with Crippen LogP contribution in [-0.4, -0.2) is 34.0 Å². The molecule has 0 unspecified atom stereocenters. The van der Waals surface area contributed by atoms with Crippen LogP contribution in [-0.2, 0) is 5.54 Å². The van der Waals surface area contributed by atoms with Crippen LogP contribution in [0.3, 0.4) is 0 Å². The van der Waals surface area contributed by atoms with Crippen molar-refractivity contribution in [3.05, 3.63) is 47.1 Å². The van der Waals surface area contributed by atoms with Gasteiger partial charge in [0.2, 0.25) is 5.89 Å². The van der Waals surface area contributed by atoms with Gasteiger partial charge >= 0.3 is 0 Å². The number of carbonyl (C=O) groups excluding carboxylic acids is 1. The molecular formula is C19H22F2N4O2. The Morgan fingerprint density at radius 1 is 1.22 bits per heavy atom. The third-order valence-electron chi connectivity index (χ3n) is 5.68. The summed E-state index contributed by atoms with van der Waals surface area (Å²) >= 11 is 0. The highest BCUT2D eigenvalue weighted by molar-refractivity contribution is 5.94. The van der Waals surface area contributed by atoms with Gasteiger partial charge in [0.05, 0.1) is 11.1 Å². The van der Waals surface area contributed by atoms with Gasteiger partial charge in [0.25, 0.3) is 5.91 Å². The van der Waals surface area contributed by atoms with Crippen molar-refractivity contribution in [3.63, 3.8) is 0 Å². The lowest BCUT2D eigenvalue weighted by atomic mass is 9.95. The Morgan fingerprint density at radius 2 is 1.93 bits per heavy atom. The fourth-order valence-corrected chi connectivity index (χ4v) is 4.00. The van der Waals surface area contributed by atoms with Crippen LogP contribution >= 0.6 is 0 Å². The monoisotopic (exact) mass is 376 g/mol. The van der Waals surface area contributed by atoms with Crippen LogP contribution in [0.1, 0.15) is 66.5 Å². The van der Waals surface area contributed by atoms with Crippen molar-refractivity contribution in [2.24, 2.45) is 5.73 Å². The predicted molar refractivity (Wildman–Crippen MR) is 92.9 cm³/mol. The fraction of sp³-hybridized carbons (Fsp3) is 0.526. The Morgan fingerprint density at radius 3 is 2.59 bits per heavy atom. The first-order valence-electron chi connectivity index (χ1n) is 9.33. The first kappa shape index (κ1) is 18.0. The van der Waals surface area contributed by atoms with E-state index in [4.69, 9.17) is 10.3 Å². The van der Waals surface area contributed by atoms with Gasteiger partial charge in [0, 0.05) is 25.1 Å². The van der Waals surface area contributed by atoms with Gasteiger partial charge in [-0.05, 0) is 37.8 Å². The minimum absolute atomic E-state index is 0.0540. The van der Waals surface area contributed by atoms with Gasteiger partial charge in [0.1, 0.15) is 11.6 Å². The molecular weight excluding hydrogens is 354 g/mol.